The maximum atomic E-state index is 12.9. The van der Waals surface area contributed by atoms with E-state index in [4.69, 9.17) is 11.6 Å². The third-order valence-corrected chi connectivity index (χ3v) is 2.94. The number of halogens is 4. The predicted molar refractivity (Wildman–Crippen MR) is 77.0 cm³/mol. The largest absolute Gasteiger partial charge is 0.416 e. The number of hydrogen-bond acceptors (Lipinski definition) is 2. The maximum absolute atomic E-state index is 12.9. The highest BCUT2D eigenvalue weighted by molar-refractivity contribution is 6.30. The van der Waals surface area contributed by atoms with Crippen molar-refractivity contribution in [2.45, 2.75) is 13.1 Å². The number of aromatic nitrogens is 2. The fourth-order valence-electron chi connectivity index (χ4n) is 1.86. The summed E-state index contributed by atoms with van der Waals surface area (Å²) in [5.41, 5.74) is 0.170. The van der Waals surface area contributed by atoms with Gasteiger partial charge in [-0.3, -0.25) is 4.57 Å². The second-order valence-corrected chi connectivity index (χ2v) is 4.88. The first kappa shape index (κ1) is 15.4. The molecule has 21 heavy (non-hydrogen) atoms. The fourth-order valence-corrected chi connectivity index (χ4v) is 2.09. The summed E-state index contributed by atoms with van der Waals surface area (Å²) in [7, 11) is 0. The molecule has 0 aliphatic carbocycles. The van der Waals surface area contributed by atoms with Gasteiger partial charge >= 0.3 is 6.18 Å². The lowest BCUT2D eigenvalue weighted by Gasteiger charge is -2.12. The minimum absolute atomic E-state index is 0.0147. The molecule has 7 heteroatoms. The Balaban J connectivity index is 2.51. The molecule has 0 saturated carbocycles. The zero-order chi connectivity index (χ0) is 15.6. The van der Waals surface area contributed by atoms with Crippen LogP contribution in [0.5, 0.6) is 0 Å². The Kier molecular flexibility index (Phi) is 4.27. The molecular weight excluding hydrogens is 303 g/mol. The van der Waals surface area contributed by atoms with Gasteiger partial charge in [-0.15, -0.1) is 6.58 Å². The second kappa shape index (κ2) is 5.81. The predicted octanol–water partition coefficient (Wildman–Crippen LogP) is 4.45. The first-order valence-corrected chi connectivity index (χ1v) is 6.48. The number of rotatable bonds is 4. The molecule has 3 nitrogen and oxygen atoms in total. The van der Waals surface area contributed by atoms with Gasteiger partial charge in [0, 0.05) is 17.8 Å². The molecule has 0 atom stereocenters. The standard InChI is InChI=1S/C14H13ClF3N3/c1-3-4-19-13-20-9(2)8-21(13)12-6-10(14(16,17)18)5-11(15)7-12/h3,5-8H,1,4H2,2H3,(H,19,20). The van der Waals surface area contributed by atoms with Crippen LogP contribution in [-0.4, -0.2) is 16.1 Å². The van der Waals surface area contributed by atoms with Crippen LogP contribution in [0, 0.1) is 6.92 Å². The number of benzene rings is 1. The summed E-state index contributed by atoms with van der Waals surface area (Å²) in [5, 5.41) is 2.98. The van der Waals surface area contributed by atoms with Crippen LogP contribution < -0.4 is 5.32 Å². The Bertz CT molecular complexity index is 662. The Hall–Kier alpha value is -1.95. The Labute approximate surface area is 125 Å². The maximum Gasteiger partial charge on any atom is 0.416 e. The molecule has 1 aromatic carbocycles. The summed E-state index contributed by atoms with van der Waals surface area (Å²) in [6.45, 7) is 5.78. The van der Waals surface area contributed by atoms with Crippen LogP contribution >= 0.6 is 11.6 Å². The van der Waals surface area contributed by atoms with Crippen molar-refractivity contribution in [1.82, 2.24) is 9.55 Å². The van der Waals surface area contributed by atoms with Crippen molar-refractivity contribution in [2.75, 3.05) is 11.9 Å². The van der Waals surface area contributed by atoms with E-state index >= 15 is 0 Å². The van der Waals surface area contributed by atoms with E-state index in [0.29, 0.717) is 23.9 Å². The molecule has 0 saturated heterocycles. The zero-order valence-electron chi connectivity index (χ0n) is 11.2. The molecule has 2 aromatic rings. The number of hydrogen-bond donors (Lipinski definition) is 1. The highest BCUT2D eigenvalue weighted by atomic mass is 35.5. The zero-order valence-corrected chi connectivity index (χ0v) is 12.0. The minimum atomic E-state index is -4.45. The average molecular weight is 316 g/mol. The molecule has 0 bridgehead atoms. The molecule has 1 heterocycles. The third kappa shape index (κ3) is 3.58. The van der Waals surface area contributed by atoms with Gasteiger partial charge in [-0.05, 0) is 25.1 Å². The van der Waals surface area contributed by atoms with Gasteiger partial charge in [0.1, 0.15) is 0 Å². The highest BCUT2D eigenvalue weighted by Gasteiger charge is 2.31. The van der Waals surface area contributed by atoms with Gasteiger partial charge < -0.3 is 5.32 Å². The molecular formula is C14H13ClF3N3. The van der Waals surface area contributed by atoms with Crippen molar-refractivity contribution in [2.24, 2.45) is 0 Å². The van der Waals surface area contributed by atoms with Gasteiger partial charge in [-0.25, -0.2) is 4.98 Å². The average Bonchev–Trinajstić information content (AvgIpc) is 2.76. The topological polar surface area (TPSA) is 29.9 Å². The monoisotopic (exact) mass is 315 g/mol. The molecule has 0 spiro atoms. The van der Waals surface area contributed by atoms with Crippen LogP contribution in [0.15, 0.2) is 37.1 Å². The van der Waals surface area contributed by atoms with Gasteiger partial charge in [0.2, 0.25) is 5.95 Å². The first-order chi connectivity index (χ1) is 9.81. The molecule has 0 aliphatic heterocycles. The van der Waals surface area contributed by atoms with Crippen molar-refractivity contribution in [3.63, 3.8) is 0 Å². The van der Waals surface area contributed by atoms with Gasteiger partial charge in [-0.2, -0.15) is 13.2 Å². The normalized spacial score (nSPS) is 11.5. The molecule has 1 aromatic heterocycles. The van der Waals surface area contributed by atoms with E-state index in [-0.39, 0.29) is 5.02 Å². The molecule has 2 rings (SSSR count). The molecule has 0 radical (unpaired) electrons. The van der Waals surface area contributed by atoms with E-state index in [2.05, 4.69) is 16.9 Å². The second-order valence-electron chi connectivity index (χ2n) is 4.44. The SMILES string of the molecule is C=CCNc1nc(C)cn1-c1cc(Cl)cc(C(F)(F)F)c1. The number of nitrogens with one attached hydrogen (secondary N) is 1. The van der Waals surface area contributed by atoms with Crippen LogP contribution in [0.3, 0.4) is 0 Å². The van der Waals surface area contributed by atoms with Crippen LogP contribution in [0.25, 0.3) is 5.69 Å². The van der Waals surface area contributed by atoms with Crippen molar-refractivity contribution in [3.8, 4) is 5.69 Å². The number of nitrogens with zero attached hydrogens (tertiary/aromatic N) is 2. The third-order valence-electron chi connectivity index (χ3n) is 2.72. The molecule has 0 fully saturated rings. The quantitative estimate of drug-likeness (QED) is 0.845. The van der Waals surface area contributed by atoms with Crippen molar-refractivity contribution < 1.29 is 13.2 Å². The van der Waals surface area contributed by atoms with Crippen LogP contribution in [0.4, 0.5) is 19.1 Å². The summed E-state index contributed by atoms with van der Waals surface area (Å²) in [4.78, 5) is 4.23. The summed E-state index contributed by atoms with van der Waals surface area (Å²) in [6.07, 6.45) is -1.19. The molecule has 0 unspecified atom stereocenters. The number of alkyl halides is 3. The summed E-state index contributed by atoms with van der Waals surface area (Å²) >= 11 is 5.80. The Morgan fingerprint density at radius 2 is 2.10 bits per heavy atom. The molecule has 1 N–H and O–H groups in total. The van der Waals surface area contributed by atoms with E-state index in [9.17, 15) is 13.2 Å². The Morgan fingerprint density at radius 3 is 2.71 bits per heavy atom. The van der Waals surface area contributed by atoms with E-state index < -0.39 is 11.7 Å². The van der Waals surface area contributed by atoms with Crippen molar-refractivity contribution in [3.05, 3.63) is 53.3 Å². The molecule has 112 valence electrons. The molecule has 0 amide bonds. The van der Waals surface area contributed by atoms with Crippen LogP contribution in [0.1, 0.15) is 11.3 Å². The lowest BCUT2D eigenvalue weighted by molar-refractivity contribution is -0.137. The van der Waals surface area contributed by atoms with Gasteiger partial charge in [0.25, 0.3) is 0 Å². The summed E-state index contributed by atoms with van der Waals surface area (Å²) in [5.74, 6) is 0.433. The lowest BCUT2D eigenvalue weighted by atomic mass is 10.2. The van der Waals surface area contributed by atoms with E-state index in [1.165, 1.54) is 10.6 Å². The molecule has 0 aliphatic rings. The highest BCUT2D eigenvalue weighted by Crippen LogP contribution is 2.33. The van der Waals surface area contributed by atoms with Gasteiger partial charge in [0.15, 0.2) is 0 Å². The van der Waals surface area contributed by atoms with Crippen LogP contribution in [-0.2, 0) is 6.18 Å². The summed E-state index contributed by atoms with van der Waals surface area (Å²) < 4.78 is 40.1. The summed E-state index contributed by atoms with van der Waals surface area (Å²) in [6, 6.07) is 3.38. The minimum Gasteiger partial charge on any atom is -0.352 e. The number of anilines is 1. The Morgan fingerprint density at radius 1 is 1.38 bits per heavy atom. The number of imidazole rings is 1. The van der Waals surface area contributed by atoms with Gasteiger partial charge in [0.05, 0.1) is 16.9 Å². The van der Waals surface area contributed by atoms with Gasteiger partial charge in [-0.1, -0.05) is 17.7 Å². The smallest absolute Gasteiger partial charge is 0.352 e. The van der Waals surface area contributed by atoms with Crippen molar-refractivity contribution in [1.29, 1.82) is 0 Å². The van der Waals surface area contributed by atoms with Crippen molar-refractivity contribution >= 4 is 17.5 Å². The lowest BCUT2D eigenvalue weighted by Crippen LogP contribution is -2.08. The number of aryl methyl sites for hydroxylation is 1. The van der Waals surface area contributed by atoms with E-state index in [0.717, 1.165) is 12.1 Å². The van der Waals surface area contributed by atoms with Crippen LogP contribution in [0.2, 0.25) is 5.02 Å². The fraction of sp³-hybridized carbons (Fsp3) is 0.214. The first-order valence-electron chi connectivity index (χ1n) is 6.10. The van der Waals surface area contributed by atoms with E-state index in [1.807, 2.05) is 0 Å². The van der Waals surface area contributed by atoms with E-state index in [1.54, 1.807) is 19.2 Å².